The average molecular weight is 860 g/mol. The van der Waals surface area contributed by atoms with Crippen molar-refractivity contribution in [2.24, 2.45) is 0 Å². The minimum absolute atomic E-state index is 0.512. The Morgan fingerprint density at radius 2 is 0.691 bits per heavy atom. The first-order valence-electron chi connectivity index (χ1n) is 23.7. The van der Waals surface area contributed by atoms with E-state index in [0.717, 1.165) is 17.1 Å². The standard InChI is InChI=1S/C67H41N/c1-2-17-44-38-47(33-31-42(44)15-1)68(48-34-36-55-53-21-6-5-19-51(53)52-20-7-8-22-54(52)60(55)39-48)66-41-65-61(40-59(66)46-32-35-50-45(37-46)30-29-43-16-3-4-18-49(43)50)58-25-11-14-28-64(58)67(65)62-26-12-9-23-56(62)57-24-10-13-27-63(57)67/h1-41H. The average Bonchev–Trinajstić information content (AvgIpc) is 3.87. The van der Waals surface area contributed by atoms with Crippen LogP contribution in [0, 0.1) is 0 Å². The number of fused-ring (bicyclic) bond motifs is 20. The highest BCUT2D eigenvalue weighted by molar-refractivity contribution is 6.26. The Morgan fingerprint density at radius 3 is 1.37 bits per heavy atom. The molecule has 68 heavy (non-hydrogen) atoms. The molecule has 0 N–H and O–H groups in total. The van der Waals surface area contributed by atoms with Crippen LogP contribution in [0.5, 0.6) is 0 Å². The third-order valence-corrected chi connectivity index (χ3v) is 15.4. The van der Waals surface area contributed by atoms with E-state index in [1.54, 1.807) is 0 Å². The van der Waals surface area contributed by atoms with E-state index < -0.39 is 5.41 Å². The molecule has 0 unspecified atom stereocenters. The van der Waals surface area contributed by atoms with E-state index in [0.29, 0.717) is 0 Å². The van der Waals surface area contributed by atoms with Gasteiger partial charge in [0.15, 0.2) is 0 Å². The van der Waals surface area contributed by atoms with Crippen molar-refractivity contribution < 1.29 is 0 Å². The van der Waals surface area contributed by atoms with Crippen LogP contribution in [0.1, 0.15) is 22.3 Å². The summed E-state index contributed by atoms with van der Waals surface area (Å²) in [6.07, 6.45) is 0. The largest absolute Gasteiger partial charge is 0.310 e. The first-order chi connectivity index (χ1) is 33.7. The van der Waals surface area contributed by atoms with Crippen LogP contribution >= 0.6 is 0 Å². The number of anilines is 3. The summed E-state index contributed by atoms with van der Waals surface area (Å²) in [6.45, 7) is 0. The molecular weight excluding hydrogens is 819 g/mol. The number of benzene rings is 13. The zero-order chi connectivity index (χ0) is 44.5. The Morgan fingerprint density at radius 1 is 0.235 bits per heavy atom. The Hall–Kier alpha value is -8.78. The van der Waals surface area contributed by atoms with Crippen LogP contribution in [0.15, 0.2) is 249 Å². The Labute approximate surface area is 394 Å². The summed E-state index contributed by atoms with van der Waals surface area (Å²) in [6, 6.07) is 93.7. The molecule has 15 rings (SSSR count). The molecule has 0 saturated heterocycles. The van der Waals surface area contributed by atoms with Crippen LogP contribution in [0.3, 0.4) is 0 Å². The highest BCUT2D eigenvalue weighted by atomic mass is 15.1. The van der Waals surface area contributed by atoms with E-state index in [1.165, 1.54) is 120 Å². The highest BCUT2D eigenvalue weighted by Crippen LogP contribution is 2.64. The molecule has 0 atom stereocenters. The van der Waals surface area contributed by atoms with Gasteiger partial charge >= 0.3 is 0 Å². The van der Waals surface area contributed by atoms with Crippen LogP contribution in [0.4, 0.5) is 17.1 Å². The fourth-order valence-electron chi connectivity index (χ4n) is 12.5. The van der Waals surface area contributed by atoms with Crippen LogP contribution < -0.4 is 4.90 Å². The maximum absolute atomic E-state index is 2.58. The highest BCUT2D eigenvalue weighted by Gasteiger charge is 2.52. The van der Waals surface area contributed by atoms with Gasteiger partial charge in [-0.05, 0) is 157 Å². The zero-order valence-electron chi connectivity index (χ0n) is 37.1. The monoisotopic (exact) mass is 859 g/mol. The summed E-state index contributed by atoms with van der Waals surface area (Å²) >= 11 is 0. The van der Waals surface area contributed by atoms with Gasteiger partial charge in [0.2, 0.25) is 0 Å². The van der Waals surface area contributed by atoms with E-state index in [1.807, 2.05) is 0 Å². The summed E-state index contributed by atoms with van der Waals surface area (Å²) in [5, 5.41) is 15.0. The maximum atomic E-state index is 2.58. The first kappa shape index (κ1) is 37.4. The lowest BCUT2D eigenvalue weighted by molar-refractivity contribution is 0.794. The minimum atomic E-state index is -0.512. The Kier molecular flexibility index (Phi) is 7.77. The van der Waals surface area contributed by atoms with Gasteiger partial charge in [0.1, 0.15) is 0 Å². The maximum Gasteiger partial charge on any atom is 0.0726 e. The molecule has 2 aliphatic carbocycles. The Balaban J connectivity index is 1.09. The minimum Gasteiger partial charge on any atom is -0.310 e. The van der Waals surface area contributed by atoms with Gasteiger partial charge in [0, 0.05) is 16.9 Å². The van der Waals surface area contributed by atoms with Crippen molar-refractivity contribution in [1.29, 1.82) is 0 Å². The van der Waals surface area contributed by atoms with Gasteiger partial charge < -0.3 is 4.90 Å². The van der Waals surface area contributed by atoms with E-state index >= 15 is 0 Å². The van der Waals surface area contributed by atoms with Crippen LogP contribution in [-0.4, -0.2) is 0 Å². The van der Waals surface area contributed by atoms with Crippen molar-refractivity contribution in [3.8, 4) is 33.4 Å². The molecule has 1 heteroatoms. The Bertz CT molecular complexity index is 4210. The smallest absolute Gasteiger partial charge is 0.0726 e. The van der Waals surface area contributed by atoms with Crippen molar-refractivity contribution in [2.75, 3.05) is 4.90 Å². The van der Waals surface area contributed by atoms with Crippen LogP contribution in [-0.2, 0) is 5.41 Å². The summed E-state index contributed by atoms with van der Waals surface area (Å²) in [4.78, 5) is 2.56. The molecule has 0 amide bonds. The molecule has 0 aliphatic heterocycles. The van der Waals surface area contributed by atoms with Gasteiger partial charge in [0.25, 0.3) is 0 Å². The van der Waals surface area contributed by atoms with Crippen molar-refractivity contribution in [3.63, 3.8) is 0 Å². The van der Waals surface area contributed by atoms with Gasteiger partial charge in [-0.2, -0.15) is 0 Å². The SMILES string of the molecule is c1ccc2c(c1)-c1ccccc1C21c2ccccc2-c2cc(-c3ccc4c(ccc5ccccc54)c3)c(N(c3ccc4ccccc4c3)c3ccc4c5ccccc5c5ccccc5c4c3)cc21. The van der Waals surface area contributed by atoms with Crippen molar-refractivity contribution in [2.45, 2.75) is 5.41 Å². The first-order valence-corrected chi connectivity index (χ1v) is 23.7. The lowest BCUT2D eigenvalue weighted by Crippen LogP contribution is -2.26. The summed E-state index contributed by atoms with van der Waals surface area (Å²) in [5.74, 6) is 0. The number of rotatable bonds is 4. The van der Waals surface area contributed by atoms with Crippen molar-refractivity contribution in [1.82, 2.24) is 0 Å². The second kappa shape index (κ2) is 14.1. The zero-order valence-corrected chi connectivity index (χ0v) is 37.1. The summed E-state index contributed by atoms with van der Waals surface area (Å²) < 4.78 is 0. The lowest BCUT2D eigenvalue weighted by Gasteiger charge is -2.33. The van der Waals surface area contributed by atoms with E-state index in [-0.39, 0.29) is 0 Å². The van der Waals surface area contributed by atoms with Gasteiger partial charge in [0.05, 0.1) is 11.1 Å². The summed E-state index contributed by atoms with van der Waals surface area (Å²) in [5.41, 5.74) is 15.7. The number of nitrogens with zero attached hydrogens (tertiary/aromatic N) is 1. The molecule has 0 heterocycles. The lowest BCUT2D eigenvalue weighted by atomic mass is 9.70. The normalized spacial score (nSPS) is 13.1. The third-order valence-electron chi connectivity index (χ3n) is 15.4. The molecule has 13 aromatic rings. The van der Waals surface area contributed by atoms with E-state index in [9.17, 15) is 0 Å². The molecule has 1 spiro atoms. The van der Waals surface area contributed by atoms with Gasteiger partial charge in [-0.1, -0.05) is 206 Å². The van der Waals surface area contributed by atoms with Gasteiger partial charge in [-0.15, -0.1) is 0 Å². The molecule has 0 aromatic heterocycles. The molecule has 0 radical (unpaired) electrons. The van der Waals surface area contributed by atoms with Crippen LogP contribution in [0.25, 0.3) is 98.0 Å². The second-order valence-corrected chi connectivity index (χ2v) is 18.7. The second-order valence-electron chi connectivity index (χ2n) is 18.7. The molecule has 13 aromatic carbocycles. The number of hydrogen-bond acceptors (Lipinski definition) is 1. The predicted molar refractivity (Wildman–Crippen MR) is 288 cm³/mol. The number of hydrogen-bond donors (Lipinski definition) is 0. The van der Waals surface area contributed by atoms with Gasteiger partial charge in [-0.3, -0.25) is 0 Å². The molecule has 0 saturated carbocycles. The molecule has 0 fully saturated rings. The van der Waals surface area contributed by atoms with Crippen LogP contribution in [0.2, 0.25) is 0 Å². The summed E-state index contributed by atoms with van der Waals surface area (Å²) in [7, 11) is 0. The molecule has 2 aliphatic rings. The molecule has 1 nitrogen and oxygen atoms in total. The molecule has 314 valence electrons. The fraction of sp³-hybridized carbons (Fsp3) is 0.0149. The van der Waals surface area contributed by atoms with Crippen molar-refractivity contribution >= 4 is 81.7 Å². The molecule has 0 bridgehead atoms. The topological polar surface area (TPSA) is 3.24 Å². The fourth-order valence-corrected chi connectivity index (χ4v) is 12.5. The van der Waals surface area contributed by atoms with Gasteiger partial charge in [-0.25, -0.2) is 0 Å². The molecular formula is C67H41N. The quantitative estimate of drug-likeness (QED) is 0.159. The van der Waals surface area contributed by atoms with E-state index in [2.05, 4.69) is 254 Å². The third kappa shape index (κ3) is 5.11. The van der Waals surface area contributed by atoms with Crippen molar-refractivity contribution in [3.05, 3.63) is 271 Å². The van der Waals surface area contributed by atoms with E-state index in [4.69, 9.17) is 0 Å². The predicted octanol–water partition coefficient (Wildman–Crippen LogP) is 18.1.